The Labute approximate surface area is 164 Å². The fraction of sp³-hybridized carbons (Fsp3) is 0.632. The van der Waals surface area contributed by atoms with E-state index in [2.05, 4.69) is 20.1 Å². The van der Waals surface area contributed by atoms with Crippen LogP contribution < -0.4 is 5.32 Å². The van der Waals surface area contributed by atoms with E-state index in [-0.39, 0.29) is 5.91 Å². The minimum absolute atomic E-state index is 0.0689. The number of amides is 1. The molecule has 2 heterocycles. The number of ether oxygens (including phenoxy) is 1. The first-order valence-corrected chi connectivity index (χ1v) is 10.6. The Balaban J connectivity index is 1.65. The van der Waals surface area contributed by atoms with Gasteiger partial charge in [-0.1, -0.05) is 31.0 Å². The van der Waals surface area contributed by atoms with Crippen molar-refractivity contribution in [3.8, 4) is 11.4 Å². The van der Waals surface area contributed by atoms with Crippen LogP contribution in [-0.4, -0.2) is 46.2 Å². The number of nitrogens with one attached hydrogen (secondary N) is 1. The van der Waals surface area contributed by atoms with Crippen molar-refractivity contribution in [2.24, 2.45) is 0 Å². The van der Waals surface area contributed by atoms with Gasteiger partial charge >= 0.3 is 0 Å². The van der Waals surface area contributed by atoms with Crippen LogP contribution in [0.4, 0.5) is 0 Å². The molecule has 1 saturated carbocycles. The van der Waals surface area contributed by atoms with Gasteiger partial charge in [0.25, 0.3) is 0 Å². The van der Waals surface area contributed by atoms with Gasteiger partial charge in [0, 0.05) is 26.3 Å². The molecule has 0 saturated heterocycles. The summed E-state index contributed by atoms with van der Waals surface area (Å²) in [5.41, 5.74) is 0.929. The average Bonchev–Trinajstić information content (AvgIpc) is 3.27. The molecule has 1 aliphatic rings. The molecular weight excluding hydrogens is 364 g/mol. The molecule has 3 rings (SSSR count). The molecule has 0 aliphatic heterocycles. The zero-order valence-electron chi connectivity index (χ0n) is 16.1. The molecule has 0 unspecified atom stereocenters. The lowest BCUT2D eigenvalue weighted by atomic mass is 9.95. The van der Waals surface area contributed by atoms with Crippen molar-refractivity contribution in [2.45, 2.75) is 63.2 Å². The number of carbonyl (C=O) groups excluding carboxylic acids is 1. The number of carbonyl (C=O) groups is 1. The monoisotopic (exact) mass is 392 g/mol. The maximum absolute atomic E-state index is 12.3. The van der Waals surface area contributed by atoms with Crippen molar-refractivity contribution < 1.29 is 13.9 Å². The van der Waals surface area contributed by atoms with E-state index in [1.54, 1.807) is 13.4 Å². The smallest absolute Gasteiger partial charge is 0.230 e. The van der Waals surface area contributed by atoms with E-state index in [1.807, 2.05) is 13.0 Å². The maximum Gasteiger partial charge on any atom is 0.230 e. The third-order valence-corrected chi connectivity index (χ3v) is 5.82. The van der Waals surface area contributed by atoms with Crippen LogP contribution in [0.25, 0.3) is 11.4 Å². The molecule has 1 amide bonds. The average molecular weight is 393 g/mol. The molecule has 0 aromatic carbocycles. The Morgan fingerprint density at radius 3 is 2.89 bits per heavy atom. The Hall–Kier alpha value is -1.80. The van der Waals surface area contributed by atoms with Gasteiger partial charge in [-0.25, -0.2) is 0 Å². The second-order valence-corrected chi connectivity index (χ2v) is 7.83. The van der Waals surface area contributed by atoms with E-state index in [1.165, 1.54) is 31.0 Å². The van der Waals surface area contributed by atoms with Crippen molar-refractivity contribution in [3.05, 3.63) is 18.1 Å². The van der Waals surface area contributed by atoms with Gasteiger partial charge in [0.2, 0.25) is 5.91 Å². The van der Waals surface area contributed by atoms with Crippen LogP contribution in [0.3, 0.4) is 0 Å². The Kier molecular flexibility index (Phi) is 7.34. The highest BCUT2D eigenvalue weighted by Crippen LogP contribution is 2.27. The first-order valence-electron chi connectivity index (χ1n) is 9.58. The molecule has 0 spiro atoms. The zero-order chi connectivity index (χ0) is 19.1. The first kappa shape index (κ1) is 19.9. The van der Waals surface area contributed by atoms with Gasteiger partial charge in [-0.3, -0.25) is 4.79 Å². The SMILES string of the molecule is COCCCn1c(SCC(=O)NC2CCCCC2)nnc1-c1ccoc1C. The van der Waals surface area contributed by atoms with Gasteiger partial charge in [0.15, 0.2) is 11.0 Å². The molecular formula is C19H28N4O3S. The first-order chi connectivity index (χ1) is 13.2. The summed E-state index contributed by atoms with van der Waals surface area (Å²) in [6, 6.07) is 2.23. The highest BCUT2D eigenvalue weighted by atomic mass is 32.2. The van der Waals surface area contributed by atoms with Gasteiger partial charge in [0.05, 0.1) is 17.6 Å². The van der Waals surface area contributed by atoms with Crippen molar-refractivity contribution in [1.29, 1.82) is 0 Å². The third kappa shape index (κ3) is 5.35. The predicted octanol–water partition coefficient (Wildman–Crippen LogP) is 3.42. The van der Waals surface area contributed by atoms with E-state index in [4.69, 9.17) is 9.15 Å². The molecule has 0 bridgehead atoms. The minimum Gasteiger partial charge on any atom is -0.469 e. The molecule has 7 nitrogen and oxygen atoms in total. The summed E-state index contributed by atoms with van der Waals surface area (Å²) < 4.78 is 12.6. The van der Waals surface area contributed by atoms with Crippen molar-refractivity contribution in [2.75, 3.05) is 19.5 Å². The standard InChI is InChI=1S/C19H28N4O3S/c1-14-16(9-12-26-14)18-21-22-19(23(18)10-6-11-25-2)27-13-17(24)20-15-7-4-3-5-8-15/h9,12,15H,3-8,10-11,13H2,1-2H3,(H,20,24). The van der Waals surface area contributed by atoms with Crippen molar-refractivity contribution in [3.63, 3.8) is 0 Å². The van der Waals surface area contributed by atoms with Crippen LogP contribution in [0, 0.1) is 6.92 Å². The van der Waals surface area contributed by atoms with Crippen LogP contribution >= 0.6 is 11.8 Å². The minimum atomic E-state index is 0.0689. The lowest BCUT2D eigenvalue weighted by Crippen LogP contribution is -2.37. The second-order valence-electron chi connectivity index (χ2n) is 6.89. The van der Waals surface area contributed by atoms with Gasteiger partial charge < -0.3 is 19.0 Å². The molecule has 2 aromatic rings. The maximum atomic E-state index is 12.3. The number of thioether (sulfide) groups is 1. The lowest BCUT2D eigenvalue weighted by molar-refractivity contribution is -0.119. The van der Waals surface area contributed by atoms with Crippen molar-refractivity contribution in [1.82, 2.24) is 20.1 Å². The highest BCUT2D eigenvalue weighted by molar-refractivity contribution is 7.99. The van der Waals surface area contributed by atoms with E-state index in [9.17, 15) is 4.79 Å². The van der Waals surface area contributed by atoms with Crippen LogP contribution in [0.15, 0.2) is 21.9 Å². The summed E-state index contributed by atoms with van der Waals surface area (Å²) in [5, 5.41) is 12.6. The fourth-order valence-corrected chi connectivity index (χ4v) is 4.20. The molecule has 1 aliphatic carbocycles. The molecule has 27 heavy (non-hydrogen) atoms. The fourth-order valence-electron chi connectivity index (χ4n) is 3.43. The van der Waals surface area contributed by atoms with Gasteiger partial charge in [-0.15, -0.1) is 10.2 Å². The van der Waals surface area contributed by atoms with E-state index in [0.29, 0.717) is 18.4 Å². The molecule has 1 N–H and O–H groups in total. The summed E-state index contributed by atoms with van der Waals surface area (Å²) >= 11 is 1.43. The number of aryl methyl sites for hydroxylation is 1. The largest absolute Gasteiger partial charge is 0.469 e. The Morgan fingerprint density at radius 1 is 1.37 bits per heavy atom. The summed E-state index contributed by atoms with van der Waals surface area (Å²) in [5.74, 6) is 2.00. The molecule has 1 fully saturated rings. The van der Waals surface area contributed by atoms with Gasteiger partial charge in [-0.05, 0) is 32.3 Å². The lowest BCUT2D eigenvalue weighted by Gasteiger charge is -2.22. The molecule has 2 aromatic heterocycles. The summed E-state index contributed by atoms with van der Waals surface area (Å²) in [4.78, 5) is 12.3. The number of aromatic nitrogens is 3. The van der Waals surface area contributed by atoms with Gasteiger partial charge in [0.1, 0.15) is 5.76 Å². The normalized spacial score (nSPS) is 15.2. The number of methoxy groups -OCH3 is 1. The van der Waals surface area contributed by atoms with Crippen LogP contribution in [0.1, 0.15) is 44.3 Å². The number of hydrogen-bond donors (Lipinski definition) is 1. The zero-order valence-corrected chi connectivity index (χ0v) is 16.9. The Morgan fingerprint density at radius 2 is 2.19 bits per heavy atom. The molecule has 8 heteroatoms. The van der Waals surface area contributed by atoms with Gasteiger partial charge in [-0.2, -0.15) is 0 Å². The summed E-state index contributed by atoms with van der Waals surface area (Å²) in [6.07, 6.45) is 8.38. The van der Waals surface area contributed by atoms with E-state index < -0.39 is 0 Å². The number of hydrogen-bond acceptors (Lipinski definition) is 6. The molecule has 0 atom stereocenters. The number of rotatable bonds is 9. The quantitative estimate of drug-likeness (QED) is 0.520. The highest BCUT2D eigenvalue weighted by Gasteiger charge is 2.20. The van der Waals surface area contributed by atoms with Crippen LogP contribution in [0.2, 0.25) is 0 Å². The van der Waals surface area contributed by atoms with Crippen LogP contribution in [-0.2, 0) is 16.1 Å². The summed E-state index contributed by atoms with van der Waals surface area (Å²) in [6.45, 7) is 3.30. The van der Waals surface area contributed by atoms with Crippen molar-refractivity contribution >= 4 is 17.7 Å². The molecule has 0 radical (unpaired) electrons. The second kappa shape index (κ2) is 9.94. The molecule has 148 valence electrons. The Bertz CT molecular complexity index is 737. The van der Waals surface area contributed by atoms with E-state index in [0.717, 1.165) is 48.1 Å². The van der Waals surface area contributed by atoms with E-state index >= 15 is 0 Å². The van der Waals surface area contributed by atoms with Crippen LogP contribution in [0.5, 0.6) is 0 Å². The third-order valence-electron chi connectivity index (χ3n) is 4.85. The topological polar surface area (TPSA) is 82.2 Å². The number of nitrogens with zero attached hydrogens (tertiary/aromatic N) is 3. The predicted molar refractivity (Wildman–Crippen MR) is 105 cm³/mol. The number of furan rings is 1. The summed E-state index contributed by atoms with van der Waals surface area (Å²) in [7, 11) is 1.69.